The summed E-state index contributed by atoms with van der Waals surface area (Å²) >= 11 is 6.05. The van der Waals surface area contributed by atoms with Crippen LogP contribution in [0.3, 0.4) is 0 Å². The number of nitrogens with one attached hydrogen (secondary N) is 2. The zero-order valence-electron chi connectivity index (χ0n) is 8.02. The Hall–Kier alpha value is 1.26. The van der Waals surface area contributed by atoms with Crippen molar-refractivity contribution in [3.8, 4) is 0 Å². The molecule has 6 nitrogen and oxygen atoms in total. The number of H-pyrrole nitrogens is 2. The van der Waals surface area contributed by atoms with Crippen molar-refractivity contribution < 1.29 is 64.4 Å². The minimum absolute atomic E-state index is 0. The topological polar surface area (TPSA) is 102 Å². The molecule has 0 aromatic carbocycles. The maximum atomic E-state index is 10.2. The zero-order valence-corrected chi connectivity index (χ0v) is 13.6. The van der Waals surface area contributed by atoms with Gasteiger partial charge in [0.15, 0.2) is 9.93 Å². The fourth-order valence-electron chi connectivity index (χ4n) is 0.727. The second kappa shape index (κ2) is 7.56. The van der Waals surface area contributed by atoms with E-state index >= 15 is 0 Å². The number of aromatic amines is 2. The van der Waals surface area contributed by atoms with Crippen LogP contribution >= 0.6 is 24.0 Å². The second-order valence-electron chi connectivity index (χ2n) is 2.45. The third-order valence-electron chi connectivity index (χ3n) is 1.26. The molecule has 0 aliphatic rings. The number of hydrogen-bond acceptors (Lipinski definition) is 6. The van der Waals surface area contributed by atoms with Gasteiger partial charge in [0.1, 0.15) is 0 Å². The molecule has 15 heavy (non-hydrogen) atoms. The van der Waals surface area contributed by atoms with Crippen molar-refractivity contribution in [3.05, 3.63) is 4.77 Å². The van der Waals surface area contributed by atoms with Gasteiger partial charge in [-0.25, -0.2) is 8.42 Å². The second-order valence-corrected chi connectivity index (χ2v) is 5.46. The SMILES string of the molecule is O=S(=O)([O-])CCCSc1n[nH]c(=S)[nH]1.[K+]. The van der Waals surface area contributed by atoms with Gasteiger partial charge in [-0.3, -0.25) is 5.10 Å². The Balaban J connectivity index is 0.00000196. The van der Waals surface area contributed by atoms with Crippen LogP contribution in [-0.2, 0) is 10.1 Å². The molecule has 0 unspecified atom stereocenters. The minimum Gasteiger partial charge on any atom is -0.748 e. The third-order valence-corrected chi connectivity index (χ3v) is 3.20. The summed E-state index contributed by atoms with van der Waals surface area (Å²) in [4.78, 5) is 2.76. The molecule has 1 aromatic heterocycles. The molecule has 0 saturated carbocycles. The number of nitrogens with zero attached hydrogens (tertiary/aromatic N) is 1. The molecule has 80 valence electrons. The van der Waals surface area contributed by atoms with E-state index in [4.69, 9.17) is 12.2 Å². The molecule has 0 saturated heterocycles. The van der Waals surface area contributed by atoms with Gasteiger partial charge < -0.3 is 9.54 Å². The molecule has 0 bridgehead atoms. The predicted molar refractivity (Wildman–Crippen MR) is 53.7 cm³/mol. The van der Waals surface area contributed by atoms with E-state index in [0.717, 1.165) is 0 Å². The average Bonchev–Trinajstić information content (AvgIpc) is 2.44. The van der Waals surface area contributed by atoms with Gasteiger partial charge in [0, 0.05) is 11.5 Å². The first-order valence-electron chi connectivity index (χ1n) is 3.68. The predicted octanol–water partition coefficient (Wildman–Crippen LogP) is -2.50. The molecule has 0 amide bonds. The first kappa shape index (κ1) is 16.3. The van der Waals surface area contributed by atoms with Gasteiger partial charge in [-0.15, -0.1) is 5.10 Å². The van der Waals surface area contributed by atoms with Crippen molar-refractivity contribution in [2.75, 3.05) is 11.5 Å². The third kappa shape index (κ3) is 8.04. The molecule has 1 heterocycles. The molecular weight excluding hydrogens is 285 g/mol. The van der Waals surface area contributed by atoms with Crippen molar-refractivity contribution in [1.82, 2.24) is 15.2 Å². The van der Waals surface area contributed by atoms with Crippen molar-refractivity contribution in [3.63, 3.8) is 0 Å². The van der Waals surface area contributed by atoms with Gasteiger partial charge in [-0.05, 0) is 18.6 Å². The summed E-state index contributed by atoms with van der Waals surface area (Å²) in [5, 5.41) is 6.93. The number of thioether (sulfide) groups is 1. The number of rotatable bonds is 5. The smallest absolute Gasteiger partial charge is 0.748 e. The van der Waals surface area contributed by atoms with Crippen LogP contribution < -0.4 is 51.4 Å². The minimum atomic E-state index is -4.10. The van der Waals surface area contributed by atoms with Crippen LogP contribution in [0.2, 0.25) is 0 Å². The Morgan fingerprint density at radius 2 is 2.20 bits per heavy atom. The van der Waals surface area contributed by atoms with E-state index in [-0.39, 0.29) is 57.1 Å². The van der Waals surface area contributed by atoms with Crippen molar-refractivity contribution >= 4 is 34.1 Å². The first-order chi connectivity index (χ1) is 6.47. The van der Waals surface area contributed by atoms with E-state index in [1.807, 2.05) is 0 Å². The quantitative estimate of drug-likeness (QED) is 0.205. The molecule has 1 rings (SSSR count). The molecule has 0 atom stereocenters. The Bertz CT molecular complexity index is 440. The summed E-state index contributed by atoms with van der Waals surface area (Å²) < 4.78 is 31.1. The van der Waals surface area contributed by atoms with Gasteiger partial charge in [0.25, 0.3) is 0 Å². The molecule has 0 aliphatic carbocycles. The Kier molecular flexibility index (Phi) is 8.19. The van der Waals surface area contributed by atoms with E-state index < -0.39 is 10.1 Å². The monoisotopic (exact) mass is 293 g/mol. The Morgan fingerprint density at radius 1 is 1.53 bits per heavy atom. The van der Waals surface area contributed by atoms with Crippen LogP contribution in [0.25, 0.3) is 0 Å². The maximum absolute atomic E-state index is 10.2. The molecule has 0 fully saturated rings. The van der Waals surface area contributed by atoms with Crippen LogP contribution in [0.4, 0.5) is 0 Å². The summed E-state index contributed by atoms with van der Waals surface area (Å²) in [5.41, 5.74) is 0. The number of hydrogen-bond donors (Lipinski definition) is 2. The standard InChI is InChI=1S/C5H9N3O3S3.K/c9-14(10,11)3-1-2-13-5-6-4(12)7-8-5;/h1-3H2,(H,9,10,11)(H2,6,7,8,12);/q;+1/p-1. The average molecular weight is 293 g/mol. The first-order valence-corrected chi connectivity index (χ1v) is 6.65. The summed E-state index contributed by atoms with van der Waals surface area (Å²) in [6.45, 7) is 0. The molecule has 1 aromatic rings. The molecule has 10 heteroatoms. The summed E-state index contributed by atoms with van der Waals surface area (Å²) in [6, 6.07) is 0. The van der Waals surface area contributed by atoms with Gasteiger partial charge in [-0.1, -0.05) is 11.8 Å². The van der Waals surface area contributed by atoms with Crippen LogP contribution in [0.15, 0.2) is 5.16 Å². The fraction of sp³-hybridized carbons (Fsp3) is 0.600. The van der Waals surface area contributed by atoms with Crippen molar-refractivity contribution in [2.24, 2.45) is 0 Å². The van der Waals surface area contributed by atoms with Crippen LogP contribution in [0, 0.1) is 4.77 Å². The largest absolute Gasteiger partial charge is 1.00 e. The maximum Gasteiger partial charge on any atom is 1.00 e. The van der Waals surface area contributed by atoms with E-state index in [0.29, 0.717) is 22.1 Å². The van der Waals surface area contributed by atoms with E-state index in [1.165, 1.54) is 11.8 Å². The van der Waals surface area contributed by atoms with Crippen LogP contribution in [0.5, 0.6) is 0 Å². The number of aromatic nitrogens is 3. The molecule has 0 radical (unpaired) electrons. The molecule has 0 spiro atoms. The van der Waals surface area contributed by atoms with Gasteiger partial charge in [0.2, 0.25) is 0 Å². The van der Waals surface area contributed by atoms with Gasteiger partial charge >= 0.3 is 51.4 Å². The zero-order chi connectivity index (χ0) is 10.6. The van der Waals surface area contributed by atoms with E-state index in [2.05, 4.69) is 15.2 Å². The van der Waals surface area contributed by atoms with E-state index in [1.54, 1.807) is 0 Å². The normalized spacial score (nSPS) is 11.0. The summed E-state index contributed by atoms with van der Waals surface area (Å²) in [7, 11) is -4.10. The van der Waals surface area contributed by atoms with Gasteiger partial charge in [0.05, 0.1) is 10.1 Å². The van der Waals surface area contributed by atoms with E-state index in [9.17, 15) is 13.0 Å². The Morgan fingerprint density at radius 3 is 2.67 bits per heavy atom. The van der Waals surface area contributed by atoms with Crippen LogP contribution in [0.1, 0.15) is 6.42 Å². The fourth-order valence-corrected chi connectivity index (χ4v) is 2.38. The molecular formula is C5H8KN3O3S3. The summed E-state index contributed by atoms with van der Waals surface area (Å²) in [6.07, 6.45) is 0.309. The molecule has 2 N–H and O–H groups in total. The molecule has 0 aliphatic heterocycles. The van der Waals surface area contributed by atoms with Crippen molar-refractivity contribution in [2.45, 2.75) is 11.6 Å². The van der Waals surface area contributed by atoms with Gasteiger partial charge in [-0.2, -0.15) is 0 Å². The Labute approximate surface area is 139 Å². The van der Waals surface area contributed by atoms with Crippen molar-refractivity contribution in [1.29, 1.82) is 0 Å². The van der Waals surface area contributed by atoms with Crippen LogP contribution in [-0.4, -0.2) is 39.7 Å². The summed E-state index contributed by atoms with van der Waals surface area (Å²) in [5.74, 6) is 0.169.